The van der Waals surface area contributed by atoms with Crippen molar-refractivity contribution in [2.45, 2.75) is 38.0 Å². The summed E-state index contributed by atoms with van der Waals surface area (Å²) in [6, 6.07) is 5.92. The summed E-state index contributed by atoms with van der Waals surface area (Å²) in [4.78, 5) is 0. The van der Waals surface area contributed by atoms with Gasteiger partial charge in [0.2, 0.25) is 0 Å². The van der Waals surface area contributed by atoms with Crippen molar-refractivity contribution in [3.05, 3.63) is 18.2 Å². The van der Waals surface area contributed by atoms with E-state index in [4.69, 9.17) is 10.5 Å². The number of nitrogens with two attached hydrogens (primary N) is 1. The predicted molar refractivity (Wildman–Crippen MR) is 80.6 cm³/mol. The average molecular weight is 266 g/mol. The van der Waals surface area contributed by atoms with Crippen molar-refractivity contribution in [2.24, 2.45) is 0 Å². The molecule has 0 bridgehead atoms. The molecule has 0 saturated carbocycles. The lowest BCUT2D eigenvalue weighted by Crippen LogP contribution is -2.15. The molecule has 0 aliphatic carbocycles. The molecule has 1 aliphatic heterocycles. The summed E-state index contributed by atoms with van der Waals surface area (Å²) in [5, 5.41) is 4.16. The molecule has 0 radical (unpaired) electrons. The highest BCUT2D eigenvalue weighted by Gasteiger charge is 2.16. The number of hydrogen-bond acceptors (Lipinski definition) is 4. The first-order chi connectivity index (χ1) is 8.66. The Labute approximate surface area is 113 Å². The normalized spacial score (nSPS) is 19.2. The topological polar surface area (TPSA) is 47.3 Å². The molecule has 100 valence electrons. The third kappa shape index (κ3) is 3.48. The predicted octanol–water partition coefficient (Wildman–Crippen LogP) is 3.36. The van der Waals surface area contributed by atoms with Crippen LogP contribution in [0.3, 0.4) is 0 Å². The number of anilines is 2. The smallest absolute Gasteiger partial charge is 0.144 e. The molecule has 3 nitrogen and oxygen atoms in total. The summed E-state index contributed by atoms with van der Waals surface area (Å²) in [7, 11) is 0. The van der Waals surface area contributed by atoms with E-state index in [1.807, 2.05) is 43.8 Å². The van der Waals surface area contributed by atoms with Crippen molar-refractivity contribution >= 4 is 23.1 Å². The summed E-state index contributed by atoms with van der Waals surface area (Å²) >= 11 is 2.05. The molecule has 1 aliphatic rings. The van der Waals surface area contributed by atoms with Crippen LogP contribution in [0, 0.1) is 0 Å². The second-order valence-electron chi connectivity index (χ2n) is 4.90. The molecule has 0 spiro atoms. The molecule has 2 rings (SSSR count). The van der Waals surface area contributed by atoms with Crippen molar-refractivity contribution in [1.29, 1.82) is 0 Å². The first kappa shape index (κ1) is 13.4. The van der Waals surface area contributed by atoms with Gasteiger partial charge in [0.25, 0.3) is 0 Å². The van der Waals surface area contributed by atoms with Crippen molar-refractivity contribution in [1.82, 2.24) is 0 Å². The molecule has 1 aromatic carbocycles. The molecule has 1 aromatic rings. The fraction of sp³-hybridized carbons (Fsp3) is 0.571. The van der Waals surface area contributed by atoms with Gasteiger partial charge in [-0.15, -0.1) is 0 Å². The molecule has 1 atom stereocenters. The van der Waals surface area contributed by atoms with E-state index in [-0.39, 0.29) is 6.10 Å². The monoisotopic (exact) mass is 266 g/mol. The molecule has 18 heavy (non-hydrogen) atoms. The number of thioether (sulfide) groups is 1. The zero-order valence-electron chi connectivity index (χ0n) is 11.1. The molecule has 1 saturated heterocycles. The molecule has 1 heterocycles. The number of rotatable bonds is 5. The third-order valence-electron chi connectivity index (χ3n) is 2.97. The fourth-order valence-corrected chi connectivity index (χ4v) is 3.29. The lowest BCUT2D eigenvalue weighted by Gasteiger charge is -2.17. The van der Waals surface area contributed by atoms with Crippen LogP contribution < -0.4 is 15.8 Å². The Kier molecular flexibility index (Phi) is 4.64. The van der Waals surface area contributed by atoms with Crippen LogP contribution in [-0.2, 0) is 0 Å². The van der Waals surface area contributed by atoms with Crippen LogP contribution in [-0.4, -0.2) is 23.7 Å². The standard InChI is InChI=1S/C14H22N2OS/c1-10(2)17-13-7-3-6-12(14(13)15)16-9-11-5-4-8-18-11/h3,6-7,10-11,16H,4-5,8-9,15H2,1-2H3. The molecule has 0 amide bonds. The summed E-state index contributed by atoms with van der Waals surface area (Å²) in [6.07, 6.45) is 2.79. The maximum atomic E-state index is 6.12. The number of nitrogen functional groups attached to an aromatic ring is 1. The van der Waals surface area contributed by atoms with Crippen LogP contribution in [0.5, 0.6) is 5.75 Å². The van der Waals surface area contributed by atoms with Gasteiger partial charge in [-0.05, 0) is 44.6 Å². The van der Waals surface area contributed by atoms with Gasteiger partial charge in [0, 0.05) is 11.8 Å². The van der Waals surface area contributed by atoms with Gasteiger partial charge >= 0.3 is 0 Å². The minimum Gasteiger partial charge on any atom is -0.489 e. The van der Waals surface area contributed by atoms with Crippen LogP contribution in [0.15, 0.2) is 18.2 Å². The summed E-state index contributed by atoms with van der Waals surface area (Å²) in [5.41, 5.74) is 7.83. The van der Waals surface area contributed by atoms with Gasteiger partial charge in [-0.3, -0.25) is 0 Å². The number of nitrogens with one attached hydrogen (secondary N) is 1. The Balaban J connectivity index is 1.98. The molecule has 3 N–H and O–H groups in total. The summed E-state index contributed by atoms with van der Waals surface area (Å²) in [5.74, 6) is 2.06. The van der Waals surface area contributed by atoms with E-state index >= 15 is 0 Å². The quantitative estimate of drug-likeness (QED) is 0.802. The fourth-order valence-electron chi connectivity index (χ4n) is 2.08. The van der Waals surface area contributed by atoms with E-state index in [0.717, 1.165) is 23.2 Å². The number of para-hydroxylation sites is 1. The van der Waals surface area contributed by atoms with Crippen LogP contribution in [0.1, 0.15) is 26.7 Å². The van der Waals surface area contributed by atoms with Gasteiger partial charge in [-0.25, -0.2) is 0 Å². The largest absolute Gasteiger partial charge is 0.489 e. The van der Waals surface area contributed by atoms with E-state index < -0.39 is 0 Å². The van der Waals surface area contributed by atoms with Crippen LogP contribution in [0.25, 0.3) is 0 Å². The molecule has 1 fully saturated rings. The molecular weight excluding hydrogens is 244 g/mol. The Hall–Kier alpha value is -1.03. The second-order valence-corrected chi connectivity index (χ2v) is 6.31. The Bertz CT molecular complexity index is 389. The van der Waals surface area contributed by atoms with Gasteiger partial charge in [0.05, 0.1) is 17.5 Å². The van der Waals surface area contributed by atoms with Gasteiger partial charge in [0.1, 0.15) is 5.75 Å². The molecule has 1 unspecified atom stereocenters. The van der Waals surface area contributed by atoms with E-state index in [2.05, 4.69) is 5.32 Å². The number of benzene rings is 1. The van der Waals surface area contributed by atoms with Gasteiger partial charge in [0.15, 0.2) is 0 Å². The van der Waals surface area contributed by atoms with Gasteiger partial charge in [-0.1, -0.05) is 6.07 Å². The van der Waals surface area contributed by atoms with Crippen LogP contribution in [0.2, 0.25) is 0 Å². The van der Waals surface area contributed by atoms with Crippen LogP contribution >= 0.6 is 11.8 Å². The van der Waals surface area contributed by atoms with Crippen molar-refractivity contribution < 1.29 is 4.74 Å². The van der Waals surface area contributed by atoms with Gasteiger partial charge in [-0.2, -0.15) is 11.8 Å². The second kappa shape index (κ2) is 6.23. The summed E-state index contributed by atoms with van der Waals surface area (Å²) in [6.45, 7) is 5.00. The van der Waals surface area contributed by atoms with E-state index in [9.17, 15) is 0 Å². The summed E-state index contributed by atoms with van der Waals surface area (Å²) < 4.78 is 5.69. The number of hydrogen-bond donors (Lipinski definition) is 2. The highest BCUT2D eigenvalue weighted by atomic mass is 32.2. The first-order valence-corrected chi connectivity index (χ1v) is 7.62. The first-order valence-electron chi connectivity index (χ1n) is 6.57. The van der Waals surface area contributed by atoms with Gasteiger partial charge < -0.3 is 15.8 Å². The zero-order chi connectivity index (χ0) is 13.0. The Morgan fingerprint density at radius 1 is 1.50 bits per heavy atom. The van der Waals surface area contributed by atoms with Crippen molar-refractivity contribution in [2.75, 3.05) is 23.3 Å². The minimum absolute atomic E-state index is 0.146. The highest BCUT2D eigenvalue weighted by Crippen LogP contribution is 2.31. The molecule has 4 heteroatoms. The maximum absolute atomic E-state index is 6.12. The molecular formula is C14H22N2OS. The maximum Gasteiger partial charge on any atom is 0.144 e. The lowest BCUT2D eigenvalue weighted by molar-refractivity contribution is 0.244. The lowest BCUT2D eigenvalue weighted by atomic mass is 10.2. The Morgan fingerprint density at radius 3 is 3.00 bits per heavy atom. The molecule has 0 aromatic heterocycles. The van der Waals surface area contributed by atoms with Crippen molar-refractivity contribution in [3.63, 3.8) is 0 Å². The van der Waals surface area contributed by atoms with E-state index in [1.54, 1.807) is 0 Å². The number of ether oxygens (including phenoxy) is 1. The third-order valence-corrected chi connectivity index (χ3v) is 4.37. The van der Waals surface area contributed by atoms with Crippen molar-refractivity contribution in [3.8, 4) is 5.75 Å². The minimum atomic E-state index is 0.146. The Morgan fingerprint density at radius 2 is 2.33 bits per heavy atom. The van der Waals surface area contributed by atoms with E-state index in [1.165, 1.54) is 18.6 Å². The average Bonchev–Trinajstić information content (AvgIpc) is 2.83. The SMILES string of the molecule is CC(C)Oc1cccc(NCC2CCCS2)c1N. The van der Waals surface area contributed by atoms with Crippen LogP contribution in [0.4, 0.5) is 11.4 Å². The van der Waals surface area contributed by atoms with E-state index in [0.29, 0.717) is 5.69 Å². The highest BCUT2D eigenvalue weighted by molar-refractivity contribution is 8.00. The zero-order valence-corrected chi connectivity index (χ0v) is 11.9.